The summed E-state index contributed by atoms with van der Waals surface area (Å²) in [5.41, 5.74) is 3.44. The van der Waals surface area contributed by atoms with Gasteiger partial charge in [-0.1, -0.05) is 41.6 Å². The van der Waals surface area contributed by atoms with Crippen LogP contribution in [0.3, 0.4) is 0 Å². The number of nitrogens with zero attached hydrogens (tertiary/aromatic N) is 3. The second kappa shape index (κ2) is 9.33. The van der Waals surface area contributed by atoms with Gasteiger partial charge in [0, 0.05) is 18.5 Å². The van der Waals surface area contributed by atoms with E-state index in [9.17, 15) is 0 Å². The van der Waals surface area contributed by atoms with Crippen molar-refractivity contribution in [1.29, 1.82) is 0 Å². The van der Waals surface area contributed by atoms with Crippen LogP contribution in [0.2, 0.25) is 0 Å². The van der Waals surface area contributed by atoms with Crippen molar-refractivity contribution in [3.63, 3.8) is 0 Å². The highest BCUT2D eigenvalue weighted by Crippen LogP contribution is 2.17. The fraction of sp³-hybridized carbons (Fsp3) is 0.364. The Morgan fingerprint density at radius 3 is 2.48 bits per heavy atom. The first kappa shape index (κ1) is 19.1. The van der Waals surface area contributed by atoms with Gasteiger partial charge in [-0.05, 0) is 57.1 Å². The fourth-order valence-electron chi connectivity index (χ4n) is 3.01. The number of hydrogen-bond donors (Lipinski definition) is 0. The number of benzene rings is 2. The minimum atomic E-state index is 0.654. The standard InChI is InChI=1S/C22H27N3O2/c1-17-14-18(2)16-20(15-17)26-13-12-25(3)11-7-10-21-23-22(24-27-21)19-8-5-4-6-9-19/h4-6,8-9,14-16H,7,10-13H2,1-3H3. The molecular weight excluding hydrogens is 338 g/mol. The van der Waals surface area contributed by atoms with Gasteiger partial charge in [0.1, 0.15) is 12.4 Å². The van der Waals surface area contributed by atoms with Crippen molar-refractivity contribution in [1.82, 2.24) is 15.0 Å². The summed E-state index contributed by atoms with van der Waals surface area (Å²) in [6.07, 6.45) is 1.75. The van der Waals surface area contributed by atoms with E-state index < -0.39 is 0 Å². The predicted molar refractivity (Wildman–Crippen MR) is 107 cm³/mol. The van der Waals surface area contributed by atoms with E-state index in [-0.39, 0.29) is 0 Å². The highest BCUT2D eigenvalue weighted by molar-refractivity contribution is 5.53. The van der Waals surface area contributed by atoms with E-state index in [1.54, 1.807) is 0 Å². The van der Waals surface area contributed by atoms with Crippen LogP contribution in [0.5, 0.6) is 5.75 Å². The molecule has 3 aromatic rings. The highest BCUT2D eigenvalue weighted by Gasteiger charge is 2.08. The molecule has 0 aliphatic rings. The van der Waals surface area contributed by atoms with Crippen LogP contribution in [0.15, 0.2) is 53.1 Å². The zero-order valence-electron chi connectivity index (χ0n) is 16.3. The molecule has 0 N–H and O–H groups in total. The minimum Gasteiger partial charge on any atom is -0.492 e. The van der Waals surface area contributed by atoms with Gasteiger partial charge in [-0.3, -0.25) is 0 Å². The van der Waals surface area contributed by atoms with Crippen molar-refractivity contribution in [2.24, 2.45) is 0 Å². The van der Waals surface area contributed by atoms with E-state index in [0.29, 0.717) is 18.3 Å². The molecule has 5 nitrogen and oxygen atoms in total. The number of hydrogen-bond acceptors (Lipinski definition) is 5. The molecule has 0 radical (unpaired) electrons. The summed E-state index contributed by atoms with van der Waals surface area (Å²) in [4.78, 5) is 6.74. The lowest BCUT2D eigenvalue weighted by molar-refractivity contribution is 0.234. The summed E-state index contributed by atoms with van der Waals surface area (Å²) in [5, 5.41) is 4.06. The third-order valence-corrected chi connectivity index (χ3v) is 4.37. The maximum atomic E-state index is 5.87. The lowest BCUT2D eigenvalue weighted by Gasteiger charge is -2.16. The summed E-state index contributed by atoms with van der Waals surface area (Å²) in [7, 11) is 2.11. The van der Waals surface area contributed by atoms with Crippen LogP contribution in [0.25, 0.3) is 11.4 Å². The maximum Gasteiger partial charge on any atom is 0.227 e. The van der Waals surface area contributed by atoms with Crippen LogP contribution in [0.4, 0.5) is 0 Å². The number of rotatable bonds is 9. The average molecular weight is 365 g/mol. The molecule has 2 aromatic carbocycles. The van der Waals surface area contributed by atoms with E-state index in [1.165, 1.54) is 11.1 Å². The molecule has 0 spiro atoms. The first-order chi connectivity index (χ1) is 13.1. The number of aromatic nitrogens is 2. The topological polar surface area (TPSA) is 51.4 Å². The predicted octanol–water partition coefficient (Wildman–Crippen LogP) is 4.30. The van der Waals surface area contributed by atoms with Gasteiger partial charge < -0.3 is 14.2 Å². The molecule has 0 unspecified atom stereocenters. The van der Waals surface area contributed by atoms with Gasteiger partial charge in [0.25, 0.3) is 0 Å². The van der Waals surface area contributed by atoms with Gasteiger partial charge in [0.15, 0.2) is 0 Å². The van der Waals surface area contributed by atoms with Crippen LogP contribution in [0.1, 0.15) is 23.4 Å². The van der Waals surface area contributed by atoms with E-state index in [0.717, 1.165) is 37.2 Å². The molecule has 0 amide bonds. The second-order valence-corrected chi connectivity index (χ2v) is 6.96. The first-order valence-electron chi connectivity index (χ1n) is 9.38. The van der Waals surface area contributed by atoms with Gasteiger partial charge in [-0.15, -0.1) is 0 Å². The molecular formula is C22H27N3O2. The average Bonchev–Trinajstić information content (AvgIpc) is 3.11. The van der Waals surface area contributed by atoms with E-state index in [1.807, 2.05) is 30.3 Å². The molecule has 142 valence electrons. The molecule has 0 aliphatic heterocycles. The van der Waals surface area contributed by atoms with Crippen LogP contribution in [-0.2, 0) is 6.42 Å². The maximum absolute atomic E-state index is 5.87. The van der Waals surface area contributed by atoms with Crippen molar-refractivity contribution in [3.05, 3.63) is 65.5 Å². The minimum absolute atomic E-state index is 0.654. The third kappa shape index (κ3) is 5.93. The molecule has 0 atom stereocenters. The van der Waals surface area contributed by atoms with Gasteiger partial charge in [-0.25, -0.2) is 0 Å². The van der Waals surface area contributed by atoms with E-state index in [2.05, 4.69) is 54.1 Å². The van der Waals surface area contributed by atoms with Gasteiger partial charge in [-0.2, -0.15) is 4.98 Å². The molecule has 1 heterocycles. The van der Waals surface area contributed by atoms with Crippen LogP contribution >= 0.6 is 0 Å². The van der Waals surface area contributed by atoms with Crippen molar-refractivity contribution in [2.75, 3.05) is 26.7 Å². The van der Waals surface area contributed by atoms with Gasteiger partial charge in [0.2, 0.25) is 11.7 Å². The highest BCUT2D eigenvalue weighted by atomic mass is 16.5. The summed E-state index contributed by atoms with van der Waals surface area (Å²) in [6, 6.07) is 16.2. The molecule has 1 aromatic heterocycles. The van der Waals surface area contributed by atoms with E-state index in [4.69, 9.17) is 9.26 Å². The number of likely N-dealkylation sites (N-methyl/N-ethyl adjacent to an activating group) is 1. The summed E-state index contributed by atoms with van der Waals surface area (Å²) >= 11 is 0. The van der Waals surface area contributed by atoms with Gasteiger partial charge in [0.05, 0.1) is 0 Å². The van der Waals surface area contributed by atoms with Crippen LogP contribution in [-0.4, -0.2) is 41.8 Å². The SMILES string of the molecule is Cc1cc(C)cc(OCCN(C)CCCc2nc(-c3ccccc3)no2)c1. The molecule has 0 fully saturated rings. The molecule has 0 saturated heterocycles. The molecule has 5 heteroatoms. The Morgan fingerprint density at radius 1 is 1.00 bits per heavy atom. The summed E-state index contributed by atoms with van der Waals surface area (Å²) in [5.74, 6) is 2.29. The Morgan fingerprint density at radius 2 is 1.74 bits per heavy atom. The molecule has 27 heavy (non-hydrogen) atoms. The molecule has 3 rings (SSSR count). The third-order valence-electron chi connectivity index (χ3n) is 4.37. The normalized spacial score (nSPS) is 11.1. The van der Waals surface area contributed by atoms with Crippen LogP contribution < -0.4 is 4.74 Å². The first-order valence-corrected chi connectivity index (χ1v) is 9.38. The fourth-order valence-corrected chi connectivity index (χ4v) is 3.01. The number of aryl methyl sites for hydroxylation is 3. The lowest BCUT2D eigenvalue weighted by atomic mass is 10.1. The molecule has 0 saturated carbocycles. The van der Waals surface area contributed by atoms with Crippen molar-refractivity contribution < 1.29 is 9.26 Å². The quantitative estimate of drug-likeness (QED) is 0.566. The molecule has 0 bridgehead atoms. The van der Waals surface area contributed by atoms with Crippen LogP contribution in [0, 0.1) is 13.8 Å². The Hall–Kier alpha value is -2.66. The lowest BCUT2D eigenvalue weighted by Crippen LogP contribution is -2.25. The Kier molecular flexibility index (Phi) is 6.60. The van der Waals surface area contributed by atoms with Crippen molar-refractivity contribution in [2.45, 2.75) is 26.7 Å². The zero-order valence-corrected chi connectivity index (χ0v) is 16.3. The molecule has 0 aliphatic carbocycles. The monoisotopic (exact) mass is 365 g/mol. The Bertz CT molecular complexity index is 826. The van der Waals surface area contributed by atoms with Gasteiger partial charge >= 0.3 is 0 Å². The zero-order chi connectivity index (χ0) is 19.1. The van der Waals surface area contributed by atoms with Crippen molar-refractivity contribution in [3.8, 4) is 17.1 Å². The largest absolute Gasteiger partial charge is 0.492 e. The smallest absolute Gasteiger partial charge is 0.227 e. The van der Waals surface area contributed by atoms with E-state index >= 15 is 0 Å². The second-order valence-electron chi connectivity index (χ2n) is 6.96. The summed E-state index contributed by atoms with van der Waals surface area (Å²) < 4.78 is 11.2. The van der Waals surface area contributed by atoms with Crippen molar-refractivity contribution >= 4 is 0 Å². The Labute approximate surface area is 161 Å². The number of ether oxygens (including phenoxy) is 1. The Balaban J connectivity index is 1.37. The summed E-state index contributed by atoms with van der Waals surface area (Å²) in [6.45, 7) is 6.70.